The molecule has 1 aliphatic heterocycles. The van der Waals surface area contributed by atoms with E-state index in [1.165, 1.54) is 34.6 Å². The molecular weight excluding hydrogens is 475 g/mol. The van der Waals surface area contributed by atoms with Crippen LogP contribution < -0.4 is 9.96 Å². The molecule has 0 amide bonds. The van der Waals surface area contributed by atoms with E-state index >= 15 is 0 Å². The Labute approximate surface area is 190 Å². The van der Waals surface area contributed by atoms with Crippen LogP contribution >= 0.6 is 34.8 Å². The minimum absolute atomic E-state index is 0.00747. The fourth-order valence-electron chi connectivity index (χ4n) is 3.54. The van der Waals surface area contributed by atoms with Crippen molar-refractivity contribution in [3.8, 4) is 11.5 Å². The van der Waals surface area contributed by atoms with Crippen LogP contribution in [0.15, 0.2) is 35.2 Å². The molecular formula is C19H20Cl3N2O5S-. The lowest BCUT2D eigenvalue weighted by Crippen LogP contribution is -2.42. The van der Waals surface area contributed by atoms with Crippen molar-refractivity contribution < 1.29 is 18.4 Å². The molecule has 1 saturated heterocycles. The molecule has 1 aliphatic rings. The topological polar surface area (TPSA) is 93.1 Å². The monoisotopic (exact) mass is 493 g/mol. The van der Waals surface area contributed by atoms with Crippen molar-refractivity contribution in [1.82, 2.24) is 4.31 Å². The van der Waals surface area contributed by atoms with Crippen molar-refractivity contribution in [3.63, 3.8) is 0 Å². The highest BCUT2D eigenvalue weighted by Gasteiger charge is 2.32. The van der Waals surface area contributed by atoms with Gasteiger partial charge in [-0.15, -0.1) is 0 Å². The van der Waals surface area contributed by atoms with Gasteiger partial charge in [0.1, 0.15) is 5.75 Å². The van der Waals surface area contributed by atoms with E-state index in [4.69, 9.17) is 44.7 Å². The fraction of sp³-hybridized carbons (Fsp3) is 0.368. The van der Waals surface area contributed by atoms with E-state index in [-0.39, 0.29) is 54.2 Å². The van der Waals surface area contributed by atoms with E-state index in [9.17, 15) is 13.6 Å². The highest BCUT2D eigenvalue weighted by Crippen LogP contribution is 2.41. The Kier molecular flexibility index (Phi) is 7.08. The second-order valence-electron chi connectivity index (χ2n) is 7.47. The van der Waals surface area contributed by atoms with Gasteiger partial charge in [0.25, 0.3) is 0 Å². The predicted molar refractivity (Wildman–Crippen MR) is 117 cm³/mol. The summed E-state index contributed by atoms with van der Waals surface area (Å²) in [5.74, 6) is 0.660. The first kappa shape index (κ1) is 23.4. The van der Waals surface area contributed by atoms with Gasteiger partial charge >= 0.3 is 0 Å². The van der Waals surface area contributed by atoms with Crippen LogP contribution in [0.5, 0.6) is 11.5 Å². The van der Waals surface area contributed by atoms with E-state index in [0.29, 0.717) is 13.1 Å². The summed E-state index contributed by atoms with van der Waals surface area (Å²) in [5, 5.41) is 19.6. The highest BCUT2D eigenvalue weighted by molar-refractivity contribution is 7.89. The van der Waals surface area contributed by atoms with E-state index in [1.807, 2.05) is 13.8 Å². The molecule has 0 aromatic heterocycles. The van der Waals surface area contributed by atoms with Crippen LogP contribution in [0, 0.1) is 17.0 Å². The number of anilines is 1. The Hall–Kier alpha value is -1.26. The number of hydrogen-bond donors (Lipinski definition) is 1. The molecule has 30 heavy (non-hydrogen) atoms. The molecule has 0 bridgehead atoms. The largest absolute Gasteiger partial charge is 0.733 e. The van der Waals surface area contributed by atoms with Gasteiger partial charge in [0, 0.05) is 13.1 Å². The summed E-state index contributed by atoms with van der Waals surface area (Å²) >= 11 is 18.6. The Morgan fingerprint density at radius 3 is 2.13 bits per heavy atom. The maximum absolute atomic E-state index is 13.1. The molecule has 3 rings (SSSR count). The Morgan fingerprint density at radius 2 is 1.63 bits per heavy atom. The molecule has 0 saturated carbocycles. The van der Waals surface area contributed by atoms with Crippen LogP contribution in [0.1, 0.15) is 20.3 Å². The summed E-state index contributed by atoms with van der Waals surface area (Å²) < 4.78 is 33.3. The minimum Gasteiger partial charge on any atom is -0.733 e. The fourth-order valence-corrected chi connectivity index (χ4v) is 6.18. The van der Waals surface area contributed by atoms with Crippen LogP contribution in [0.3, 0.4) is 0 Å². The van der Waals surface area contributed by atoms with Crippen molar-refractivity contribution in [1.29, 1.82) is 0 Å². The summed E-state index contributed by atoms with van der Waals surface area (Å²) in [5.41, 5.74) is -0.0871. The van der Waals surface area contributed by atoms with E-state index in [1.54, 1.807) is 0 Å². The zero-order valence-electron chi connectivity index (χ0n) is 16.2. The van der Waals surface area contributed by atoms with Crippen molar-refractivity contribution in [2.75, 3.05) is 18.3 Å². The molecule has 2 unspecified atom stereocenters. The van der Waals surface area contributed by atoms with Gasteiger partial charge < -0.3 is 15.2 Å². The third kappa shape index (κ3) is 4.96. The second kappa shape index (κ2) is 9.08. The summed E-state index contributed by atoms with van der Waals surface area (Å²) in [7, 11) is -3.77. The van der Waals surface area contributed by atoms with Gasteiger partial charge in [-0.1, -0.05) is 48.7 Å². The van der Waals surface area contributed by atoms with Crippen molar-refractivity contribution in [2.45, 2.75) is 25.2 Å². The molecule has 11 heteroatoms. The summed E-state index contributed by atoms with van der Waals surface area (Å²) in [6, 6.07) is 6.41. The number of piperidine rings is 1. The second-order valence-corrected chi connectivity index (χ2v) is 10.6. The highest BCUT2D eigenvalue weighted by atomic mass is 35.5. The predicted octanol–water partition coefficient (Wildman–Crippen LogP) is 5.80. The Balaban J connectivity index is 1.91. The summed E-state index contributed by atoms with van der Waals surface area (Å²) in [6.07, 6.45) is 0.972. The number of benzene rings is 2. The van der Waals surface area contributed by atoms with Gasteiger partial charge in [0.05, 0.1) is 25.7 Å². The van der Waals surface area contributed by atoms with Gasteiger partial charge in [-0.05, 0) is 48.6 Å². The van der Waals surface area contributed by atoms with E-state index < -0.39 is 10.0 Å². The number of hydrogen-bond acceptors (Lipinski definition) is 6. The third-order valence-electron chi connectivity index (χ3n) is 4.79. The number of ether oxygens (including phenoxy) is 1. The maximum Gasteiger partial charge on any atom is 0.243 e. The minimum atomic E-state index is -3.77. The molecule has 1 fully saturated rings. The van der Waals surface area contributed by atoms with Crippen LogP contribution in [-0.4, -0.2) is 31.0 Å². The van der Waals surface area contributed by atoms with E-state index in [2.05, 4.69) is 0 Å². The first-order chi connectivity index (χ1) is 14.0. The molecule has 7 nitrogen and oxygen atoms in total. The van der Waals surface area contributed by atoms with Crippen LogP contribution in [0.4, 0.5) is 5.69 Å². The van der Waals surface area contributed by atoms with Gasteiger partial charge in [-0.2, -0.15) is 4.31 Å². The lowest BCUT2D eigenvalue weighted by Gasteiger charge is -2.34. The first-order valence-corrected chi connectivity index (χ1v) is 11.7. The SMILES string of the molecule is CC1CC(C)CN(S(=O)(=O)c2cc(Cl)c(Oc3ccc(N([O-])O)cc3Cl)c(Cl)c2)C1. The molecule has 1 heterocycles. The van der Waals surface area contributed by atoms with Gasteiger partial charge in [-0.3, -0.25) is 5.21 Å². The maximum atomic E-state index is 13.1. The molecule has 0 aliphatic carbocycles. The first-order valence-electron chi connectivity index (χ1n) is 9.11. The smallest absolute Gasteiger partial charge is 0.243 e. The number of rotatable bonds is 5. The average Bonchev–Trinajstić information content (AvgIpc) is 2.64. The number of sulfonamides is 1. The standard InChI is InChI=1S/C19H20Cl3N2O5S/c1-11-5-12(2)10-23(9-11)30(27,28)14-7-16(21)19(17(22)8-14)29-18-4-3-13(24(25)26)6-15(18)20/h3-4,6-8,11-12,25H,5,9-10H2,1-2H3/q-1. The quantitative estimate of drug-likeness (QED) is 0.528. The van der Waals surface area contributed by atoms with Crippen LogP contribution in [0.2, 0.25) is 15.1 Å². The lowest BCUT2D eigenvalue weighted by atomic mass is 9.94. The zero-order valence-corrected chi connectivity index (χ0v) is 19.3. The number of nitrogens with zero attached hydrogens (tertiary/aromatic N) is 2. The van der Waals surface area contributed by atoms with Gasteiger partial charge in [-0.25, -0.2) is 8.42 Å². The molecule has 0 spiro atoms. The van der Waals surface area contributed by atoms with Gasteiger partial charge in [0.2, 0.25) is 10.0 Å². The van der Waals surface area contributed by atoms with Crippen LogP contribution in [-0.2, 0) is 10.0 Å². The normalized spacial score (nSPS) is 20.2. The average molecular weight is 495 g/mol. The Bertz CT molecular complexity index is 1020. The summed E-state index contributed by atoms with van der Waals surface area (Å²) in [4.78, 5) is -0.0186. The molecule has 2 aromatic rings. The molecule has 164 valence electrons. The molecule has 2 aromatic carbocycles. The number of halogens is 3. The molecule has 0 radical (unpaired) electrons. The Morgan fingerprint density at radius 1 is 1.07 bits per heavy atom. The van der Waals surface area contributed by atoms with Crippen LogP contribution in [0.25, 0.3) is 0 Å². The third-order valence-corrected chi connectivity index (χ3v) is 7.46. The summed E-state index contributed by atoms with van der Waals surface area (Å²) in [6.45, 7) is 4.91. The van der Waals surface area contributed by atoms with Gasteiger partial charge in [0.15, 0.2) is 5.75 Å². The van der Waals surface area contributed by atoms with Crippen molar-refractivity contribution in [2.24, 2.45) is 11.8 Å². The lowest BCUT2D eigenvalue weighted by molar-refractivity contribution is 0.222. The zero-order chi connectivity index (χ0) is 22.2. The van der Waals surface area contributed by atoms with E-state index in [0.717, 1.165) is 6.42 Å². The molecule has 2 atom stereocenters. The van der Waals surface area contributed by atoms with Crippen molar-refractivity contribution in [3.05, 3.63) is 50.6 Å². The molecule has 1 N–H and O–H groups in total. The van der Waals surface area contributed by atoms with Crippen molar-refractivity contribution >= 4 is 50.5 Å².